The molecule has 0 amide bonds. The van der Waals surface area contributed by atoms with E-state index in [2.05, 4.69) is 9.98 Å². The maximum atomic E-state index is 10.9. The van der Waals surface area contributed by atoms with Crippen LogP contribution in [-0.4, -0.2) is 21.2 Å². The van der Waals surface area contributed by atoms with Crippen LogP contribution < -0.4 is 0 Å². The van der Waals surface area contributed by atoms with E-state index >= 15 is 0 Å². The first kappa shape index (κ1) is 17.4. The molecule has 1 aromatic heterocycles. The molecule has 0 aliphatic heterocycles. The number of oxazole rings is 1. The highest BCUT2D eigenvalue weighted by molar-refractivity contribution is 5.87. The smallest absolute Gasteiger partial charge is 0.311 e. The van der Waals surface area contributed by atoms with E-state index in [1.54, 1.807) is 18.2 Å². The summed E-state index contributed by atoms with van der Waals surface area (Å²) in [6, 6.07) is 17.3. The number of phenols is 1. The Morgan fingerprint density at radius 2 is 1.96 bits per heavy atom. The van der Waals surface area contributed by atoms with E-state index < -0.39 is 10.7 Å². The lowest BCUT2D eigenvalue weighted by molar-refractivity contribution is -0.385. The van der Waals surface area contributed by atoms with Gasteiger partial charge in [0.25, 0.3) is 0 Å². The number of hydrogen-bond donors (Lipinski definition) is 1. The van der Waals surface area contributed by atoms with Crippen LogP contribution in [0.25, 0.3) is 22.6 Å². The molecule has 138 valence electrons. The van der Waals surface area contributed by atoms with Crippen molar-refractivity contribution >= 4 is 28.7 Å². The van der Waals surface area contributed by atoms with Gasteiger partial charge >= 0.3 is 5.69 Å². The van der Waals surface area contributed by atoms with Crippen LogP contribution in [0.15, 0.2) is 70.1 Å². The number of aryl methyl sites for hydroxylation is 1. The lowest BCUT2D eigenvalue weighted by Crippen LogP contribution is -1.91. The van der Waals surface area contributed by atoms with Crippen LogP contribution in [0.4, 0.5) is 11.4 Å². The summed E-state index contributed by atoms with van der Waals surface area (Å²) in [4.78, 5) is 19.1. The molecule has 0 aliphatic carbocycles. The third kappa shape index (κ3) is 3.33. The summed E-state index contributed by atoms with van der Waals surface area (Å²) in [5.41, 5.74) is 3.83. The van der Waals surface area contributed by atoms with Crippen molar-refractivity contribution in [3.63, 3.8) is 0 Å². The molecule has 0 atom stereocenters. The molecule has 0 saturated heterocycles. The number of nitro benzene ring substituents is 1. The van der Waals surface area contributed by atoms with E-state index in [1.807, 2.05) is 37.3 Å². The number of rotatable bonds is 4. The van der Waals surface area contributed by atoms with E-state index in [4.69, 9.17) is 4.42 Å². The molecule has 28 heavy (non-hydrogen) atoms. The van der Waals surface area contributed by atoms with Crippen molar-refractivity contribution in [3.8, 4) is 17.2 Å². The van der Waals surface area contributed by atoms with Crippen molar-refractivity contribution < 1.29 is 14.4 Å². The predicted molar refractivity (Wildman–Crippen MR) is 106 cm³/mol. The minimum atomic E-state index is -0.637. The monoisotopic (exact) mass is 373 g/mol. The fourth-order valence-corrected chi connectivity index (χ4v) is 2.82. The Morgan fingerprint density at radius 1 is 1.14 bits per heavy atom. The van der Waals surface area contributed by atoms with Crippen LogP contribution in [0.2, 0.25) is 0 Å². The third-order valence-corrected chi connectivity index (χ3v) is 4.23. The van der Waals surface area contributed by atoms with Gasteiger partial charge in [0, 0.05) is 23.4 Å². The van der Waals surface area contributed by atoms with E-state index in [1.165, 1.54) is 18.3 Å². The van der Waals surface area contributed by atoms with Gasteiger partial charge in [-0.3, -0.25) is 15.1 Å². The van der Waals surface area contributed by atoms with Crippen molar-refractivity contribution in [2.24, 2.45) is 4.99 Å². The van der Waals surface area contributed by atoms with Gasteiger partial charge in [-0.25, -0.2) is 4.98 Å². The summed E-state index contributed by atoms with van der Waals surface area (Å²) < 4.78 is 5.84. The number of benzene rings is 3. The first-order chi connectivity index (χ1) is 13.5. The highest BCUT2D eigenvalue weighted by Crippen LogP contribution is 2.30. The van der Waals surface area contributed by atoms with Gasteiger partial charge in [0.2, 0.25) is 11.6 Å². The van der Waals surface area contributed by atoms with Gasteiger partial charge in [0.05, 0.1) is 10.6 Å². The zero-order chi connectivity index (χ0) is 19.7. The van der Waals surface area contributed by atoms with Crippen LogP contribution >= 0.6 is 0 Å². The number of aromatic hydroxyl groups is 1. The largest absolute Gasteiger partial charge is 0.502 e. The van der Waals surface area contributed by atoms with E-state index in [0.717, 1.165) is 16.6 Å². The number of nitrogens with zero attached hydrogens (tertiary/aromatic N) is 3. The molecule has 0 radical (unpaired) electrons. The van der Waals surface area contributed by atoms with Gasteiger partial charge in [-0.2, -0.15) is 0 Å². The van der Waals surface area contributed by atoms with Crippen LogP contribution in [0, 0.1) is 17.0 Å². The molecule has 0 spiro atoms. The molecule has 0 aliphatic rings. The molecule has 3 aromatic carbocycles. The highest BCUT2D eigenvalue weighted by atomic mass is 16.6. The molecule has 1 heterocycles. The number of phenolic OH excluding ortho intramolecular Hbond substituents is 1. The standard InChI is InChI=1S/C21H15N3O4/c1-13-8-9-17-19(10-13)28-21(23-17)14-4-2-6-16(11-14)22-12-15-5-3-7-18(20(15)25)24(26)27/h2-12,25H,1H3. The zero-order valence-electron chi connectivity index (χ0n) is 14.9. The average Bonchev–Trinajstić information content (AvgIpc) is 3.10. The number of aromatic nitrogens is 1. The molecule has 0 fully saturated rings. The van der Waals surface area contributed by atoms with Gasteiger partial charge in [0.1, 0.15) is 5.52 Å². The normalized spacial score (nSPS) is 11.3. The first-order valence-electron chi connectivity index (χ1n) is 8.49. The minimum absolute atomic E-state index is 0.261. The Morgan fingerprint density at radius 3 is 2.79 bits per heavy atom. The van der Waals surface area contributed by atoms with Crippen LogP contribution in [-0.2, 0) is 0 Å². The second kappa shape index (κ2) is 6.96. The Bertz CT molecular complexity index is 1230. The summed E-state index contributed by atoms with van der Waals surface area (Å²) >= 11 is 0. The van der Waals surface area contributed by atoms with Crippen LogP contribution in [0.5, 0.6) is 5.75 Å². The van der Waals surface area contributed by atoms with Gasteiger partial charge in [0.15, 0.2) is 5.58 Å². The summed E-state index contributed by atoms with van der Waals surface area (Å²) in [6.07, 6.45) is 1.39. The molecular weight excluding hydrogens is 358 g/mol. The van der Waals surface area contributed by atoms with Crippen molar-refractivity contribution in [1.29, 1.82) is 0 Å². The van der Waals surface area contributed by atoms with Gasteiger partial charge < -0.3 is 9.52 Å². The molecule has 1 N–H and O–H groups in total. The predicted octanol–water partition coefficient (Wildman–Crippen LogP) is 5.17. The molecule has 7 nitrogen and oxygen atoms in total. The summed E-state index contributed by atoms with van der Waals surface area (Å²) in [5.74, 6) is 0.0672. The molecular formula is C21H15N3O4. The first-order valence-corrected chi connectivity index (χ1v) is 8.49. The number of nitro groups is 1. The fourth-order valence-electron chi connectivity index (χ4n) is 2.82. The zero-order valence-corrected chi connectivity index (χ0v) is 14.9. The Labute approximate surface area is 159 Å². The number of aliphatic imine (C=N–C) groups is 1. The third-order valence-electron chi connectivity index (χ3n) is 4.23. The topological polar surface area (TPSA) is 102 Å². The van der Waals surface area contributed by atoms with Crippen molar-refractivity contribution in [3.05, 3.63) is 81.9 Å². The SMILES string of the molecule is Cc1ccc2nc(-c3cccc(N=Cc4cccc([N+](=O)[O-])c4O)c3)oc2c1. The molecule has 4 aromatic rings. The second-order valence-electron chi connectivity index (χ2n) is 6.27. The Balaban J connectivity index is 1.66. The maximum Gasteiger partial charge on any atom is 0.311 e. The van der Waals surface area contributed by atoms with Crippen LogP contribution in [0.3, 0.4) is 0 Å². The number of hydrogen-bond acceptors (Lipinski definition) is 6. The minimum Gasteiger partial charge on any atom is -0.502 e. The Hall–Kier alpha value is -4.00. The number of para-hydroxylation sites is 1. The van der Waals surface area contributed by atoms with E-state index in [0.29, 0.717) is 17.2 Å². The lowest BCUT2D eigenvalue weighted by Gasteiger charge is -2.00. The van der Waals surface area contributed by atoms with Crippen molar-refractivity contribution in [2.75, 3.05) is 0 Å². The maximum absolute atomic E-state index is 10.9. The van der Waals surface area contributed by atoms with Crippen LogP contribution in [0.1, 0.15) is 11.1 Å². The second-order valence-corrected chi connectivity index (χ2v) is 6.27. The quantitative estimate of drug-likeness (QED) is 0.302. The van der Waals surface area contributed by atoms with Crippen molar-refractivity contribution in [2.45, 2.75) is 6.92 Å². The molecule has 7 heteroatoms. The lowest BCUT2D eigenvalue weighted by atomic mass is 10.2. The number of fused-ring (bicyclic) bond motifs is 1. The average molecular weight is 373 g/mol. The molecule has 0 bridgehead atoms. The van der Waals surface area contributed by atoms with E-state index in [9.17, 15) is 15.2 Å². The van der Waals surface area contributed by atoms with E-state index in [-0.39, 0.29) is 11.3 Å². The fraction of sp³-hybridized carbons (Fsp3) is 0.0476. The molecule has 0 saturated carbocycles. The summed E-state index contributed by atoms with van der Waals surface area (Å²) in [7, 11) is 0. The highest BCUT2D eigenvalue weighted by Gasteiger charge is 2.15. The summed E-state index contributed by atoms with van der Waals surface area (Å²) in [5, 5.41) is 20.9. The molecule has 4 rings (SSSR count). The molecule has 0 unspecified atom stereocenters. The summed E-state index contributed by atoms with van der Waals surface area (Å²) in [6.45, 7) is 1.99. The van der Waals surface area contributed by atoms with Gasteiger partial charge in [-0.1, -0.05) is 18.2 Å². The van der Waals surface area contributed by atoms with Gasteiger partial charge in [-0.05, 0) is 48.9 Å². The van der Waals surface area contributed by atoms with Gasteiger partial charge in [-0.15, -0.1) is 0 Å². The van der Waals surface area contributed by atoms with Crippen molar-refractivity contribution in [1.82, 2.24) is 4.98 Å². The Kier molecular flexibility index (Phi) is 4.33.